The van der Waals surface area contributed by atoms with Crippen LogP contribution in [0, 0.1) is 11.8 Å². The van der Waals surface area contributed by atoms with Crippen LogP contribution in [0.1, 0.15) is 64.2 Å². The molecule has 0 N–H and O–H groups in total. The molecule has 0 bridgehead atoms. The molecular weight excluding hydrogens is 376 g/mol. The molecule has 2 aliphatic carbocycles. The number of ether oxygens (including phenoxy) is 2. The Hall–Kier alpha value is -1.74. The first-order valence-corrected chi connectivity index (χ1v) is 12.4. The fraction of sp³-hybridized carbons (Fsp3) is 0.538. The molecule has 0 amide bonds. The molecule has 1 aromatic heterocycles. The highest BCUT2D eigenvalue weighted by Gasteiger charge is 2.18. The smallest absolute Gasteiger partial charge is 0.137 e. The van der Waals surface area contributed by atoms with Gasteiger partial charge in [-0.25, -0.2) is 0 Å². The van der Waals surface area contributed by atoms with Crippen LogP contribution in [0.25, 0.3) is 20.2 Å². The average Bonchev–Trinajstić information content (AvgIpc) is 3.18. The third-order valence-electron chi connectivity index (χ3n) is 6.85. The molecule has 2 saturated carbocycles. The highest BCUT2D eigenvalue weighted by molar-refractivity contribution is 7.26. The Morgan fingerprint density at radius 2 is 1.07 bits per heavy atom. The summed E-state index contributed by atoms with van der Waals surface area (Å²) in [6.45, 7) is 1.72. The van der Waals surface area contributed by atoms with Crippen molar-refractivity contribution < 1.29 is 9.47 Å². The van der Waals surface area contributed by atoms with Crippen LogP contribution in [0.5, 0.6) is 11.5 Å². The van der Waals surface area contributed by atoms with E-state index in [4.69, 9.17) is 9.47 Å². The number of rotatable bonds is 6. The number of hydrogen-bond acceptors (Lipinski definition) is 3. The fourth-order valence-electron chi connectivity index (χ4n) is 5.12. The summed E-state index contributed by atoms with van der Waals surface area (Å²) in [6.07, 6.45) is 13.5. The van der Waals surface area contributed by atoms with E-state index in [1.54, 1.807) is 0 Å². The van der Waals surface area contributed by atoms with E-state index in [2.05, 4.69) is 36.4 Å². The Kier molecular flexibility index (Phi) is 5.94. The molecule has 5 rings (SSSR count). The summed E-state index contributed by atoms with van der Waals surface area (Å²) in [5.74, 6) is 3.55. The minimum absolute atomic E-state index is 0.725. The molecule has 2 aromatic carbocycles. The van der Waals surface area contributed by atoms with Crippen molar-refractivity contribution in [1.82, 2.24) is 0 Å². The summed E-state index contributed by atoms with van der Waals surface area (Å²) < 4.78 is 15.2. The van der Waals surface area contributed by atoms with Crippen LogP contribution in [0.15, 0.2) is 36.4 Å². The summed E-state index contributed by atoms with van der Waals surface area (Å²) in [6, 6.07) is 13.0. The van der Waals surface area contributed by atoms with Gasteiger partial charge in [0.2, 0.25) is 0 Å². The molecule has 0 radical (unpaired) electrons. The lowest BCUT2D eigenvalue weighted by atomic mass is 9.90. The minimum atomic E-state index is 0.725. The van der Waals surface area contributed by atoms with E-state index in [-0.39, 0.29) is 0 Å². The van der Waals surface area contributed by atoms with Gasteiger partial charge in [-0.15, -0.1) is 11.3 Å². The number of thiophene rings is 1. The fourth-order valence-corrected chi connectivity index (χ4v) is 6.35. The van der Waals surface area contributed by atoms with Crippen LogP contribution in [-0.4, -0.2) is 13.2 Å². The molecule has 2 nitrogen and oxygen atoms in total. The van der Waals surface area contributed by atoms with Gasteiger partial charge in [-0.2, -0.15) is 0 Å². The van der Waals surface area contributed by atoms with Crippen molar-refractivity contribution >= 4 is 31.5 Å². The molecule has 3 aromatic rings. The van der Waals surface area contributed by atoms with Crippen LogP contribution in [0.4, 0.5) is 0 Å². The topological polar surface area (TPSA) is 18.5 Å². The largest absolute Gasteiger partial charge is 0.492 e. The van der Waals surface area contributed by atoms with Gasteiger partial charge in [-0.3, -0.25) is 0 Å². The first-order chi connectivity index (χ1) is 14.4. The van der Waals surface area contributed by atoms with Gasteiger partial charge in [-0.05, 0) is 49.7 Å². The normalized spacial score (nSPS) is 19.0. The Morgan fingerprint density at radius 3 is 1.52 bits per heavy atom. The van der Waals surface area contributed by atoms with Gasteiger partial charge in [0.25, 0.3) is 0 Å². The second-order valence-electron chi connectivity index (χ2n) is 9.00. The molecule has 0 saturated heterocycles. The minimum Gasteiger partial charge on any atom is -0.492 e. The van der Waals surface area contributed by atoms with Crippen LogP contribution < -0.4 is 9.47 Å². The average molecular weight is 409 g/mol. The Labute approximate surface area is 178 Å². The van der Waals surface area contributed by atoms with Gasteiger partial charge >= 0.3 is 0 Å². The lowest BCUT2D eigenvalue weighted by Crippen LogP contribution is -2.15. The summed E-state index contributed by atoms with van der Waals surface area (Å²) in [5.41, 5.74) is 0. The number of fused-ring (bicyclic) bond motifs is 3. The van der Waals surface area contributed by atoms with Gasteiger partial charge in [0.15, 0.2) is 0 Å². The van der Waals surface area contributed by atoms with E-state index in [0.717, 1.165) is 36.5 Å². The maximum Gasteiger partial charge on any atom is 0.137 e. The van der Waals surface area contributed by atoms with Gasteiger partial charge in [0, 0.05) is 10.8 Å². The molecule has 0 atom stereocenters. The lowest BCUT2D eigenvalue weighted by molar-refractivity contribution is 0.211. The summed E-state index contributed by atoms with van der Waals surface area (Å²) in [7, 11) is 0. The van der Waals surface area contributed by atoms with E-state index in [9.17, 15) is 0 Å². The molecule has 1 heterocycles. The van der Waals surface area contributed by atoms with E-state index < -0.39 is 0 Å². The molecule has 0 aliphatic heterocycles. The Bertz CT molecular complexity index is 872. The summed E-state index contributed by atoms with van der Waals surface area (Å²) >= 11 is 1.84. The standard InChI is InChI=1S/C26H32O2S/c1-3-9-19(10-4-1)17-27-23-15-7-13-21-22-14-8-16-24(26(22)29-25(21)23)28-18-20-11-5-2-6-12-20/h7-8,13-16,19-20H,1-6,9-12,17-18H2. The second-order valence-corrected chi connectivity index (χ2v) is 10.0. The van der Waals surface area contributed by atoms with Gasteiger partial charge in [-0.1, -0.05) is 62.8 Å². The molecular formula is C26H32O2S. The summed E-state index contributed by atoms with van der Waals surface area (Å²) in [4.78, 5) is 0. The van der Waals surface area contributed by atoms with Crippen molar-refractivity contribution in [2.45, 2.75) is 64.2 Å². The molecule has 3 heteroatoms. The third-order valence-corrected chi connectivity index (χ3v) is 8.10. The number of benzene rings is 2. The van der Waals surface area contributed by atoms with Gasteiger partial charge in [0.05, 0.1) is 22.6 Å². The highest BCUT2D eigenvalue weighted by atomic mass is 32.1. The van der Waals surface area contributed by atoms with Crippen molar-refractivity contribution in [3.05, 3.63) is 36.4 Å². The van der Waals surface area contributed by atoms with E-state index in [1.165, 1.54) is 84.4 Å². The van der Waals surface area contributed by atoms with Crippen LogP contribution in [0.3, 0.4) is 0 Å². The van der Waals surface area contributed by atoms with E-state index in [0.29, 0.717) is 0 Å². The van der Waals surface area contributed by atoms with Crippen molar-refractivity contribution in [3.63, 3.8) is 0 Å². The van der Waals surface area contributed by atoms with Crippen molar-refractivity contribution in [2.24, 2.45) is 11.8 Å². The van der Waals surface area contributed by atoms with Crippen molar-refractivity contribution in [3.8, 4) is 11.5 Å². The first-order valence-electron chi connectivity index (χ1n) is 11.6. The zero-order chi connectivity index (χ0) is 19.5. The summed E-state index contributed by atoms with van der Waals surface area (Å²) in [5, 5.41) is 2.60. The monoisotopic (exact) mass is 408 g/mol. The van der Waals surface area contributed by atoms with Crippen molar-refractivity contribution in [1.29, 1.82) is 0 Å². The maximum absolute atomic E-state index is 6.35. The lowest BCUT2D eigenvalue weighted by Gasteiger charge is -2.21. The first kappa shape index (κ1) is 19.2. The number of hydrogen-bond donors (Lipinski definition) is 0. The molecule has 0 unspecified atom stereocenters. The van der Waals surface area contributed by atoms with Gasteiger partial charge in [0.1, 0.15) is 11.5 Å². The van der Waals surface area contributed by atoms with Crippen LogP contribution in [0.2, 0.25) is 0 Å². The molecule has 2 fully saturated rings. The third kappa shape index (κ3) is 4.26. The molecule has 0 spiro atoms. The van der Waals surface area contributed by atoms with E-state index in [1.807, 2.05) is 11.3 Å². The highest BCUT2D eigenvalue weighted by Crippen LogP contribution is 2.43. The van der Waals surface area contributed by atoms with Gasteiger partial charge < -0.3 is 9.47 Å². The predicted octanol–water partition coefficient (Wildman–Crippen LogP) is 7.97. The Morgan fingerprint density at radius 1 is 0.621 bits per heavy atom. The molecule has 29 heavy (non-hydrogen) atoms. The van der Waals surface area contributed by atoms with Crippen LogP contribution in [-0.2, 0) is 0 Å². The van der Waals surface area contributed by atoms with E-state index >= 15 is 0 Å². The predicted molar refractivity (Wildman–Crippen MR) is 123 cm³/mol. The molecule has 154 valence electrons. The zero-order valence-corrected chi connectivity index (χ0v) is 18.1. The van der Waals surface area contributed by atoms with Crippen molar-refractivity contribution in [2.75, 3.05) is 13.2 Å². The molecule has 2 aliphatic rings. The zero-order valence-electron chi connectivity index (χ0n) is 17.3. The maximum atomic E-state index is 6.35. The quantitative estimate of drug-likeness (QED) is 0.412. The SMILES string of the molecule is c1cc(OCC2CCCCC2)c2sc3c(OCC4CCCCC4)cccc3c2c1. The second kappa shape index (κ2) is 8.95. The van der Waals surface area contributed by atoms with Crippen LogP contribution >= 0.6 is 11.3 Å². The Balaban J connectivity index is 1.38.